The van der Waals surface area contributed by atoms with E-state index in [2.05, 4.69) is 22.1 Å². The van der Waals surface area contributed by atoms with Gasteiger partial charge in [0.25, 0.3) is 5.56 Å². The Bertz CT molecular complexity index is 1110. The first-order chi connectivity index (χ1) is 13.7. The molecule has 4 rings (SSSR count). The van der Waals surface area contributed by atoms with Gasteiger partial charge in [-0.2, -0.15) is 13.2 Å². The summed E-state index contributed by atoms with van der Waals surface area (Å²) in [4.78, 5) is 27.8. The van der Waals surface area contributed by atoms with Crippen molar-refractivity contribution in [2.75, 3.05) is 5.32 Å². The molecule has 1 saturated carbocycles. The number of hydrogen-bond donors (Lipinski definition) is 2. The van der Waals surface area contributed by atoms with Gasteiger partial charge in [0.05, 0.1) is 12.9 Å². The van der Waals surface area contributed by atoms with Crippen molar-refractivity contribution < 1.29 is 18.0 Å². The predicted molar refractivity (Wildman–Crippen MR) is 99.4 cm³/mol. The first-order valence-electron chi connectivity index (χ1n) is 8.71. The highest BCUT2D eigenvalue weighted by molar-refractivity contribution is 6.31. The molecule has 0 radical (unpaired) electrons. The van der Waals surface area contributed by atoms with Crippen LogP contribution in [0.15, 0.2) is 35.5 Å². The molecule has 29 heavy (non-hydrogen) atoms. The molecular weight excluding hydrogens is 409 g/mol. The molecule has 1 aromatic heterocycles. The van der Waals surface area contributed by atoms with Crippen molar-refractivity contribution in [2.45, 2.75) is 31.1 Å². The largest absolute Gasteiger partial charge is 0.427 e. The van der Waals surface area contributed by atoms with Crippen LogP contribution in [-0.4, -0.2) is 21.8 Å². The minimum absolute atomic E-state index is 0.0132. The summed E-state index contributed by atoms with van der Waals surface area (Å²) >= 11 is 6.26. The number of rotatable bonds is 2. The maximum Gasteiger partial charge on any atom is 0.427 e. The van der Waals surface area contributed by atoms with Gasteiger partial charge in [0, 0.05) is 34.5 Å². The molecule has 1 aliphatic carbocycles. The Hall–Kier alpha value is -2.99. The number of halogens is 4. The molecule has 1 atom stereocenters. The number of urea groups is 1. The van der Waals surface area contributed by atoms with E-state index in [1.807, 2.05) is 5.32 Å². The van der Waals surface area contributed by atoms with Crippen LogP contribution in [0, 0.1) is 17.8 Å². The molecule has 0 unspecified atom stereocenters. The quantitative estimate of drug-likeness (QED) is 0.729. The second-order valence-corrected chi connectivity index (χ2v) is 7.31. The van der Waals surface area contributed by atoms with Gasteiger partial charge in [-0.25, -0.2) is 9.78 Å². The molecule has 150 valence electrons. The number of carbonyl (C=O) groups excluding carboxylic acids is 1. The molecule has 2 aromatic rings. The summed E-state index contributed by atoms with van der Waals surface area (Å²) in [7, 11) is 0. The fraction of sp³-hybridized carbons (Fsp3) is 0.316. The lowest BCUT2D eigenvalue weighted by molar-refractivity contribution is -0.178. The molecule has 2 amide bonds. The molecule has 10 heteroatoms. The van der Waals surface area contributed by atoms with Gasteiger partial charge in [0.15, 0.2) is 0 Å². The zero-order valence-electron chi connectivity index (χ0n) is 14.8. The smallest absolute Gasteiger partial charge is 0.310 e. The highest BCUT2D eigenvalue weighted by Crippen LogP contribution is 2.45. The number of fused-ring (bicyclic) bond motifs is 1. The third-order valence-corrected chi connectivity index (χ3v) is 5.09. The Kier molecular flexibility index (Phi) is 4.54. The third-order valence-electron chi connectivity index (χ3n) is 4.74. The van der Waals surface area contributed by atoms with Crippen LogP contribution < -0.4 is 16.2 Å². The highest BCUT2D eigenvalue weighted by Gasteiger charge is 2.59. The van der Waals surface area contributed by atoms with Gasteiger partial charge in [-0.15, -0.1) is 0 Å². The average Bonchev–Trinajstić information content (AvgIpc) is 3.46. The third kappa shape index (κ3) is 3.56. The minimum Gasteiger partial charge on any atom is -0.310 e. The second kappa shape index (κ2) is 6.81. The van der Waals surface area contributed by atoms with Crippen molar-refractivity contribution in [3.05, 3.63) is 57.2 Å². The normalized spacial score (nSPS) is 20.8. The number of anilines is 1. The van der Waals surface area contributed by atoms with Crippen LogP contribution in [0.1, 0.15) is 24.0 Å². The summed E-state index contributed by atoms with van der Waals surface area (Å²) < 4.78 is 43.6. The van der Waals surface area contributed by atoms with Crippen LogP contribution >= 0.6 is 11.6 Å². The average molecular weight is 423 g/mol. The summed E-state index contributed by atoms with van der Waals surface area (Å²) in [6, 6.07) is 2.69. The number of nitrogens with zero attached hydrogens (tertiary/aromatic N) is 2. The molecular formula is C19H14ClF3N4O2. The number of aromatic nitrogens is 2. The van der Waals surface area contributed by atoms with Crippen molar-refractivity contribution in [3.8, 4) is 11.8 Å². The van der Waals surface area contributed by atoms with E-state index in [9.17, 15) is 22.8 Å². The van der Waals surface area contributed by atoms with Gasteiger partial charge in [0.1, 0.15) is 0 Å². The van der Waals surface area contributed by atoms with Crippen molar-refractivity contribution in [3.63, 3.8) is 0 Å². The molecule has 0 saturated heterocycles. The number of nitrogens with one attached hydrogen (secondary N) is 2. The van der Waals surface area contributed by atoms with Crippen molar-refractivity contribution in [1.29, 1.82) is 0 Å². The van der Waals surface area contributed by atoms with E-state index in [0.717, 1.165) is 18.9 Å². The minimum atomic E-state index is -4.87. The van der Waals surface area contributed by atoms with Gasteiger partial charge in [-0.05, 0) is 30.5 Å². The summed E-state index contributed by atoms with van der Waals surface area (Å²) in [6.45, 7) is -0.0190. The molecule has 1 fully saturated rings. The Morgan fingerprint density at radius 2 is 2.07 bits per heavy atom. The molecule has 1 aromatic carbocycles. The molecule has 1 aliphatic heterocycles. The van der Waals surface area contributed by atoms with Crippen LogP contribution in [0.4, 0.5) is 23.7 Å². The number of hydrogen-bond acceptors (Lipinski definition) is 3. The molecule has 2 aliphatic rings. The number of carbonyl (C=O) groups is 1. The van der Waals surface area contributed by atoms with Crippen LogP contribution in [-0.2, 0) is 12.1 Å². The van der Waals surface area contributed by atoms with E-state index in [4.69, 9.17) is 11.6 Å². The lowest BCUT2D eigenvalue weighted by Gasteiger charge is -2.37. The summed E-state index contributed by atoms with van der Waals surface area (Å²) in [5, 5.41) is 4.33. The Morgan fingerprint density at radius 3 is 2.72 bits per heavy atom. The maximum atomic E-state index is 14.1. The standard InChI is InChI=1S/C19H14ClF3N4O2/c20-14-8-13-15(7-12(14)9-27-10-24-6-4-16(27)28)25-17(29)26-18(13,19(21,22)23)5-3-11-1-2-11/h4,6-8,10-11H,1-2,9H2,(H2,25,26,29)/t18-/m0/s1. The highest BCUT2D eigenvalue weighted by atomic mass is 35.5. The second-order valence-electron chi connectivity index (χ2n) is 6.91. The van der Waals surface area contributed by atoms with Gasteiger partial charge < -0.3 is 10.6 Å². The van der Waals surface area contributed by atoms with Crippen molar-refractivity contribution in [1.82, 2.24) is 14.9 Å². The summed E-state index contributed by atoms with van der Waals surface area (Å²) in [6.07, 6.45) is -0.777. The first-order valence-corrected chi connectivity index (χ1v) is 9.09. The Balaban J connectivity index is 1.84. The fourth-order valence-electron chi connectivity index (χ4n) is 3.06. The number of benzene rings is 1. The van der Waals surface area contributed by atoms with Gasteiger partial charge in [-0.3, -0.25) is 9.36 Å². The first kappa shape index (κ1) is 19.3. The van der Waals surface area contributed by atoms with Gasteiger partial charge in [0.2, 0.25) is 5.54 Å². The lowest BCUT2D eigenvalue weighted by Crippen LogP contribution is -2.59. The number of amides is 2. The summed E-state index contributed by atoms with van der Waals surface area (Å²) in [5.74, 6) is 4.77. The fourth-order valence-corrected chi connectivity index (χ4v) is 3.28. The van der Waals surface area contributed by atoms with E-state index in [1.54, 1.807) is 0 Å². The van der Waals surface area contributed by atoms with E-state index in [1.165, 1.54) is 29.2 Å². The van der Waals surface area contributed by atoms with E-state index < -0.39 is 17.7 Å². The summed E-state index contributed by atoms with van der Waals surface area (Å²) in [5.41, 5.74) is -3.20. The lowest BCUT2D eigenvalue weighted by atomic mass is 9.85. The van der Waals surface area contributed by atoms with Crippen LogP contribution in [0.5, 0.6) is 0 Å². The monoisotopic (exact) mass is 422 g/mol. The SMILES string of the molecule is O=C1Nc2cc(Cn3cnccc3=O)c(Cl)cc2[C@@](C#CC2CC2)(C(F)(F)F)N1. The van der Waals surface area contributed by atoms with Crippen LogP contribution in [0.2, 0.25) is 5.02 Å². The molecule has 6 nitrogen and oxygen atoms in total. The van der Waals surface area contributed by atoms with Gasteiger partial charge >= 0.3 is 12.2 Å². The van der Waals surface area contributed by atoms with E-state index >= 15 is 0 Å². The number of alkyl halides is 3. The van der Waals surface area contributed by atoms with Crippen LogP contribution in [0.3, 0.4) is 0 Å². The Labute approximate surface area is 168 Å². The molecule has 0 bridgehead atoms. The predicted octanol–water partition coefficient (Wildman–Crippen LogP) is 3.25. The zero-order valence-corrected chi connectivity index (χ0v) is 15.6. The molecule has 0 spiro atoms. The van der Waals surface area contributed by atoms with Gasteiger partial charge in [-0.1, -0.05) is 23.4 Å². The van der Waals surface area contributed by atoms with E-state index in [-0.39, 0.29) is 34.3 Å². The maximum absolute atomic E-state index is 14.1. The molecule has 2 N–H and O–H groups in total. The van der Waals surface area contributed by atoms with E-state index in [0.29, 0.717) is 5.56 Å². The van der Waals surface area contributed by atoms with Crippen molar-refractivity contribution in [2.24, 2.45) is 5.92 Å². The van der Waals surface area contributed by atoms with Crippen molar-refractivity contribution >= 4 is 23.3 Å². The topological polar surface area (TPSA) is 76.0 Å². The van der Waals surface area contributed by atoms with Crippen LogP contribution in [0.25, 0.3) is 0 Å². The zero-order chi connectivity index (χ0) is 20.8. The molecule has 2 heterocycles. The Morgan fingerprint density at radius 1 is 1.31 bits per heavy atom.